The minimum absolute atomic E-state index is 0.218. The molecule has 2 aromatic rings. The van der Waals surface area contributed by atoms with Crippen molar-refractivity contribution in [3.63, 3.8) is 0 Å². The van der Waals surface area contributed by atoms with E-state index in [-0.39, 0.29) is 5.91 Å². The van der Waals surface area contributed by atoms with Gasteiger partial charge in [0.2, 0.25) is 5.91 Å². The Labute approximate surface area is 158 Å². The number of nitrogens with one attached hydrogen (secondary N) is 2. The van der Waals surface area contributed by atoms with E-state index in [1.807, 2.05) is 24.0 Å². The van der Waals surface area contributed by atoms with Crippen LogP contribution in [0.25, 0.3) is 0 Å². The SMILES string of the molecule is CN=C(NCCc1csc(C)n1)NCc1ccc(N2CCCC2=O)cc1. The number of nitrogens with zero attached hydrogens (tertiary/aromatic N) is 3. The van der Waals surface area contributed by atoms with Gasteiger partial charge in [-0.2, -0.15) is 0 Å². The molecule has 1 saturated heterocycles. The van der Waals surface area contributed by atoms with Crippen LogP contribution in [0.15, 0.2) is 34.6 Å². The first-order valence-electron chi connectivity index (χ1n) is 8.90. The summed E-state index contributed by atoms with van der Waals surface area (Å²) in [4.78, 5) is 22.4. The Morgan fingerprint density at radius 2 is 2.12 bits per heavy atom. The predicted molar refractivity (Wildman–Crippen MR) is 107 cm³/mol. The van der Waals surface area contributed by atoms with Crippen molar-refractivity contribution in [1.82, 2.24) is 15.6 Å². The predicted octanol–water partition coefficient (Wildman–Crippen LogP) is 2.49. The molecule has 2 N–H and O–H groups in total. The average Bonchev–Trinajstić information content (AvgIpc) is 3.26. The van der Waals surface area contributed by atoms with Crippen LogP contribution in [0.5, 0.6) is 0 Å². The number of anilines is 1. The second kappa shape index (κ2) is 8.80. The first kappa shape index (κ1) is 18.4. The zero-order valence-corrected chi connectivity index (χ0v) is 16.1. The number of hydrogen-bond acceptors (Lipinski definition) is 4. The number of guanidine groups is 1. The third kappa shape index (κ3) is 4.82. The summed E-state index contributed by atoms with van der Waals surface area (Å²) in [5.41, 5.74) is 3.25. The molecule has 0 unspecified atom stereocenters. The fourth-order valence-corrected chi connectivity index (χ4v) is 3.60. The van der Waals surface area contributed by atoms with Crippen LogP contribution < -0.4 is 15.5 Å². The molecule has 0 radical (unpaired) electrons. The number of carbonyl (C=O) groups is 1. The number of carbonyl (C=O) groups excluding carboxylic acids is 1. The molecule has 0 saturated carbocycles. The van der Waals surface area contributed by atoms with Gasteiger partial charge in [0.1, 0.15) is 0 Å². The molecule has 1 fully saturated rings. The van der Waals surface area contributed by atoms with Crippen molar-refractivity contribution in [3.8, 4) is 0 Å². The van der Waals surface area contributed by atoms with Crippen LogP contribution in [0, 0.1) is 6.92 Å². The number of amides is 1. The zero-order chi connectivity index (χ0) is 18.4. The molecular formula is C19H25N5OS. The molecule has 1 aliphatic rings. The number of benzene rings is 1. The summed E-state index contributed by atoms with van der Waals surface area (Å²) in [6.45, 7) is 4.32. The summed E-state index contributed by atoms with van der Waals surface area (Å²) < 4.78 is 0. The lowest BCUT2D eigenvalue weighted by Gasteiger charge is -2.16. The topological polar surface area (TPSA) is 69.6 Å². The first-order valence-corrected chi connectivity index (χ1v) is 9.78. The molecule has 0 spiro atoms. The van der Waals surface area contributed by atoms with Crippen molar-refractivity contribution in [2.24, 2.45) is 4.99 Å². The molecule has 0 bridgehead atoms. The Kier molecular flexibility index (Phi) is 6.22. The second-order valence-corrected chi connectivity index (χ2v) is 7.34. The minimum atomic E-state index is 0.218. The van der Waals surface area contributed by atoms with E-state index in [4.69, 9.17) is 0 Å². The highest BCUT2D eigenvalue weighted by Crippen LogP contribution is 2.21. The van der Waals surface area contributed by atoms with E-state index >= 15 is 0 Å². The quantitative estimate of drug-likeness (QED) is 0.605. The largest absolute Gasteiger partial charge is 0.356 e. The summed E-state index contributed by atoms with van der Waals surface area (Å²) in [7, 11) is 1.77. The first-order chi connectivity index (χ1) is 12.7. The third-order valence-corrected chi connectivity index (χ3v) is 5.17. The van der Waals surface area contributed by atoms with E-state index < -0.39 is 0 Å². The van der Waals surface area contributed by atoms with Crippen molar-refractivity contribution in [1.29, 1.82) is 0 Å². The highest BCUT2D eigenvalue weighted by Gasteiger charge is 2.21. The highest BCUT2D eigenvalue weighted by atomic mass is 32.1. The van der Waals surface area contributed by atoms with Crippen LogP contribution in [0.4, 0.5) is 5.69 Å². The maximum absolute atomic E-state index is 11.8. The van der Waals surface area contributed by atoms with Gasteiger partial charge in [0.15, 0.2) is 5.96 Å². The van der Waals surface area contributed by atoms with E-state index in [1.165, 1.54) is 0 Å². The summed E-state index contributed by atoms with van der Waals surface area (Å²) in [6.07, 6.45) is 2.49. The van der Waals surface area contributed by atoms with Crippen molar-refractivity contribution in [2.75, 3.05) is 25.0 Å². The number of aromatic nitrogens is 1. The van der Waals surface area contributed by atoms with Crippen LogP contribution in [0.2, 0.25) is 0 Å². The molecule has 7 heteroatoms. The molecule has 138 valence electrons. The molecule has 2 heterocycles. The van der Waals surface area contributed by atoms with Gasteiger partial charge in [-0.1, -0.05) is 12.1 Å². The Morgan fingerprint density at radius 3 is 2.73 bits per heavy atom. The van der Waals surface area contributed by atoms with Crippen molar-refractivity contribution >= 4 is 28.9 Å². The fraction of sp³-hybridized carbons (Fsp3) is 0.421. The Hall–Kier alpha value is -2.41. The van der Waals surface area contributed by atoms with Gasteiger partial charge in [-0.25, -0.2) is 4.98 Å². The number of hydrogen-bond donors (Lipinski definition) is 2. The van der Waals surface area contributed by atoms with Gasteiger partial charge in [0.05, 0.1) is 10.7 Å². The van der Waals surface area contributed by atoms with Gasteiger partial charge in [0, 0.05) is 50.6 Å². The van der Waals surface area contributed by atoms with E-state index in [0.29, 0.717) is 13.0 Å². The Balaban J connectivity index is 1.45. The normalized spacial score (nSPS) is 14.8. The third-order valence-electron chi connectivity index (χ3n) is 4.35. The second-order valence-electron chi connectivity index (χ2n) is 6.28. The molecule has 1 aromatic carbocycles. The van der Waals surface area contributed by atoms with Gasteiger partial charge in [-0.3, -0.25) is 9.79 Å². The molecule has 1 aromatic heterocycles. The van der Waals surface area contributed by atoms with Gasteiger partial charge in [-0.15, -0.1) is 11.3 Å². The Bertz CT molecular complexity index is 768. The molecular weight excluding hydrogens is 346 g/mol. The standard InChI is InChI=1S/C19H25N5OS/c1-14-23-16(13-26-14)9-10-21-19(20-2)22-12-15-5-7-17(8-6-15)24-11-3-4-18(24)25/h5-8,13H,3-4,9-12H2,1-2H3,(H2,20,21,22). The van der Waals surface area contributed by atoms with E-state index in [2.05, 4.69) is 38.1 Å². The molecule has 3 rings (SSSR count). The lowest BCUT2D eigenvalue weighted by molar-refractivity contribution is -0.117. The summed E-state index contributed by atoms with van der Waals surface area (Å²) in [5.74, 6) is 0.992. The van der Waals surface area contributed by atoms with E-state index in [9.17, 15) is 4.79 Å². The van der Waals surface area contributed by atoms with Crippen LogP contribution in [-0.4, -0.2) is 37.0 Å². The minimum Gasteiger partial charge on any atom is -0.356 e. The van der Waals surface area contributed by atoms with E-state index in [1.54, 1.807) is 18.4 Å². The maximum atomic E-state index is 11.8. The van der Waals surface area contributed by atoms with Gasteiger partial charge >= 0.3 is 0 Å². The number of aryl methyl sites for hydroxylation is 1. The van der Waals surface area contributed by atoms with E-state index in [0.717, 1.165) is 53.8 Å². The number of rotatable bonds is 6. The highest BCUT2D eigenvalue weighted by molar-refractivity contribution is 7.09. The lowest BCUT2D eigenvalue weighted by atomic mass is 10.2. The summed E-state index contributed by atoms with van der Waals surface area (Å²) >= 11 is 1.68. The average molecular weight is 372 g/mol. The maximum Gasteiger partial charge on any atom is 0.227 e. The Morgan fingerprint density at radius 1 is 1.31 bits per heavy atom. The van der Waals surface area contributed by atoms with Crippen LogP contribution >= 0.6 is 11.3 Å². The van der Waals surface area contributed by atoms with Crippen molar-refractivity contribution in [2.45, 2.75) is 32.7 Å². The number of thiazole rings is 1. The van der Waals surface area contributed by atoms with Crippen molar-refractivity contribution in [3.05, 3.63) is 45.9 Å². The van der Waals surface area contributed by atoms with Crippen molar-refractivity contribution < 1.29 is 4.79 Å². The zero-order valence-electron chi connectivity index (χ0n) is 15.3. The number of aliphatic imine (C=N–C) groups is 1. The molecule has 6 nitrogen and oxygen atoms in total. The molecule has 26 heavy (non-hydrogen) atoms. The van der Waals surface area contributed by atoms with Gasteiger partial charge in [0.25, 0.3) is 0 Å². The molecule has 0 aliphatic carbocycles. The summed E-state index contributed by atoms with van der Waals surface area (Å²) in [6, 6.07) is 8.14. The summed E-state index contributed by atoms with van der Waals surface area (Å²) in [5, 5.41) is 9.82. The fourth-order valence-electron chi connectivity index (χ4n) is 2.95. The molecule has 0 atom stereocenters. The van der Waals surface area contributed by atoms with Crippen LogP contribution in [0.3, 0.4) is 0 Å². The molecule has 1 amide bonds. The van der Waals surface area contributed by atoms with Gasteiger partial charge in [-0.05, 0) is 31.0 Å². The smallest absolute Gasteiger partial charge is 0.227 e. The van der Waals surface area contributed by atoms with Crippen LogP contribution in [0.1, 0.15) is 29.1 Å². The lowest BCUT2D eigenvalue weighted by Crippen LogP contribution is -2.37. The monoisotopic (exact) mass is 371 g/mol. The van der Waals surface area contributed by atoms with Gasteiger partial charge < -0.3 is 15.5 Å². The molecule has 1 aliphatic heterocycles. The van der Waals surface area contributed by atoms with Crippen LogP contribution in [-0.2, 0) is 17.8 Å².